The van der Waals surface area contributed by atoms with Crippen LogP contribution in [0.5, 0.6) is 0 Å². The van der Waals surface area contributed by atoms with E-state index in [4.69, 9.17) is 28.6 Å². The van der Waals surface area contributed by atoms with Gasteiger partial charge in [0, 0.05) is 30.6 Å². The smallest absolute Gasteiger partial charge is 0.308 e. The average Bonchev–Trinajstić information content (AvgIpc) is 2.80. The van der Waals surface area contributed by atoms with Gasteiger partial charge in [-0.25, -0.2) is 0 Å². The second-order valence-corrected chi connectivity index (χ2v) is 8.16. The van der Waals surface area contributed by atoms with E-state index < -0.39 is 17.9 Å². The van der Waals surface area contributed by atoms with Crippen LogP contribution in [0.25, 0.3) is 6.08 Å². The van der Waals surface area contributed by atoms with Gasteiger partial charge in [0.1, 0.15) is 6.04 Å². The van der Waals surface area contributed by atoms with Crippen molar-refractivity contribution in [2.24, 2.45) is 0 Å². The minimum atomic E-state index is -0.851. The van der Waals surface area contributed by atoms with Gasteiger partial charge in [0.2, 0.25) is 11.8 Å². The van der Waals surface area contributed by atoms with E-state index in [2.05, 4.69) is 10.6 Å². The number of rotatable bonds is 7. The molecule has 1 aliphatic heterocycles. The van der Waals surface area contributed by atoms with Crippen molar-refractivity contribution < 1.29 is 19.1 Å². The van der Waals surface area contributed by atoms with Crippen LogP contribution in [-0.4, -0.2) is 53.5 Å². The maximum absolute atomic E-state index is 12.4. The van der Waals surface area contributed by atoms with Crippen LogP contribution in [0.2, 0.25) is 5.02 Å². The molecule has 1 aliphatic rings. The van der Waals surface area contributed by atoms with E-state index in [1.165, 1.54) is 6.08 Å². The molecular weight excluding hydrogens is 462 g/mol. The number of carbonyl (C=O) groups excluding carboxylic acids is 3. The number of nitrogens with one attached hydrogen (secondary N) is 2. The van der Waals surface area contributed by atoms with E-state index in [1.54, 1.807) is 35.2 Å². The summed E-state index contributed by atoms with van der Waals surface area (Å²) in [7, 11) is 0. The van der Waals surface area contributed by atoms with Gasteiger partial charge in [0.15, 0.2) is 5.11 Å². The highest BCUT2D eigenvalue weighted by Gasteiger charge is 2.34. The molecule has 0 aromatic heterocycles. The third kappa shape index (κ3) is 7.69. The Morgan fingerprint density at radius 3 is 2.64 bits per heavy atom. The first-order valence-corrected chi connectivity index (χ1v) is 11.2. The summed E-state index contributed by atoms with van der Waals surface area (Å²) in [6.07, 6.45) is 3.38. The molecule has 2 aromatic rings. The van der Waals surface area contributed by atoms with E-state index in [1.807, 2.05) is 30.3 Å². The fourth-order valence-electron chi connectivity index (χ4n) is 3.27. The Morgan fingerprint density at radius 1 is 1.18 bits per heavy atom. The largest absolute Gasteiger partial charge is 0.465 e. The second kappa shape index (κ2) is 12.1. The van der Waals surface area contributed by atoms with Gasteiger partial charge in [-0.15, -0.1) is 0 Å². The van der Waals surface area contributed by atoms with Gasteiger partial charge in [-0.05, 0) is 41.6 Å². The van der Waals surface area contributed by atoms with Crippen LogP contribution in [-0.2, 0) is 25.5 Å². The van der Waals surface area contributed by atoms with Crippen LogP contribution in [0.15, 0.2) is 60.7 Å². The van der Waals surface area contributed by atoms with Crippen LogP contribution >= 0.6 is 23.8 Å². The fraction of sp³-hybridized carbons (Fsp3) is 0.250. The summed E-state index contributed by atoms with van der Waals surface area (Å²) in [6, 6.07) is 15.8. The van der Waals surface area contributed by atoms with Gasteiger partial charge >= 0.3 is 5.97 Å². The van der Waals surface area contributed by atoms with Crippen LogP contribution in [0.1, 0.15) is 17.5 Å². The molecule has 3 rings (SSSR count). The van der Waals surface area contributed by atoms with Crippen molar-refractivity contribution in [3.8, 4) is 0 Å². The first kappa shape index (κ1) is 24.4. The molecule has 1 fully saturated rings. The number of halogens is 1. The molecular formula is C24H24ClN3O4S. The molecule has 1 heterocycles. The predicted molar refractivity (Wildman–Crippen MR) is 130 cm³/mol. The number of amides is 2. The number of thiocarbonyl (C=S) groups is 1. The highest BCUT2D eigenvalue weighted by Crippen LogP contribution is 2.12. The number of benzene rings is 2. The summed E-state index contributed by atoms with van der Waals surface area (Å²) < 4.78 is 5.31. The van der Waals surface area contributed by atoms with E-state index in [0.29, 0.717) is 24.5 Å². The number of nitrogens with zero attached hydrogens (tertiary/aromatic N) is 1. The normalized spacial score (nSPS) is 15.7. The maximum Gasteiger partial charge on any atom is 0.308 e. The average molecular weight is 486 g/mol. The molecule has 2 aromatic carbocycles. The van der Waals surface area contributed by atoms with E-state index in [0.717, 1.165) is 11.1 Å². The van der Waals surface area contributed by atoms with Crippen molar-refractivity contribution in [1.82, 2.24) is 15.5 Å². The molecule has 9 heteroatoms. The van der Waals surface area contributed by atoms with Gasteiger partial charge < -0.3 is 15.0 Å². The Hall–Kier alpha value is -3.23. The molecule has 7 nitrogen and oxygen atoms in total. The molecule has 0 bridgehead atoms. The van der Waals surface area contributed by atoms with Crippen LogP contribution in [0.4, 0.5) is 0 Å². The van der Waals surface area contributed by atoms with Gasteiger partial charge in [0.25, 0.3) is 0 Å². The summed E-state index contributed by atoms with van der Waals surface area (Å²) in [5.41, 5.74) is 1.85. The SMILES string of the molecule is O=C(/C=C/c1ccc(Cl)cc1)NC(=S)N1CCNC(=O)C1CC(=O)OCCc1ccccc1. The number of piperazine rings is 1. The highest BCUT2D eigenvalue weighted by atomic mass is 35.5. The van der Waals surface area contributed by atoms with Crippen molar-refractivity contribution in [2.45, 2.75) is 18.9 Å². The monoisotopic (exact) mass is 485 g/mol. The quantitative estimate of drug-likeness (QED) is 0.356. The van der Waals surface area contributed by atoms with Gasteiger partial charge in [0.05, 0.1) is 13.0 Å². The van der Waals surface area contributed by atoms with Crippen molar-refractivity contribution in [2.75, 3.05) is 19.7 Å². The zero-order chi connectivity index (χ0) is 23.6. The molecule has 0 aliphatic carbocycles. The van der Waals surface area contributed by atoms with Crippen LogP contribution < -0.4 is 10.6 Å². The standard InChI is InChI=1S/C24H24ClN3O4S/c25-19-9-6-18(7-10-19)8-11-21(29)27-24(33)28-14-13-26-23(31)20(28)16-22(30)32-15-12-17-4-2-1-3-5-17/h1-11,20H,12-16H2,(H,26,31)(H,27,29,33)/b11-8+. The molecule has 1 unspecified atom stereocenters. The number of carbonyl (C=O) groups is 3. The molecule has 2 amide bonds. The second-order valence-electron chi connectivity index (χ2n) is 7.34. The summed E-state index contributed by atoms with van der Waals surface area (Å²) >= 11 is 11.2. The summed E-state index contributed by atoms with van der Waals surface area (Å²) in [6.45, 7) is 0.941. The molecule has 0 saturated carbocycles. The zero-order valence-corrected chi connectivity index (χ0v) is 19.4. The molecule has 172 valence electrons. The molecule has 2 N–H and O–H groups in total. The lowest BCUT2D eigenvalue weighted by molar-refractivity contribution is -0.147. The number of esters is 1. The lowest BCUT2D eigenvalue weighted by Gasteiger charge is -2.36. The Balaban J connectivity index is 1.52. The van der Waals surface area contributed by atoms with Crippen LogP contribution in [0, 0.1) is 0 Å². The predicted octanol–water partition coefficient (Wildman–Crippen LogP) is 2.73. The molecule has 0 radical (unpaired) electrons. The maximum atomic E-state index is 12.4. The van der Waals surface area contributed by atoms with E-state index >= 15 is 0 Å². The highest BCUT2D eigenvalue weighted by molar-refractivity contribution is 7.80. The summed E-state index contributed by atoms with van der Waals surface area (Å²) in [5, 5.41) is 6.00. The van der Waals surface area contributed by atoms with Crippen molar-refractivity contribution in [3.63, 3.8) is 0 Å². The fourth-order valence-corrected chi connectivity index (χ4v) is 3.71. The third-order valence-corrected chi connectivity index (χ3v) is 5.56. The topological polar surface area (TPSA) is 87.7 Å². The van der Waals surface area contributed by atoms with Crippen LogP contribution in [0.3, 0.4) is 0 Å². The number of hydrogen-bond acceptors (Lipinski definition) is 5. The molecule has 0 spiro atoms. The van der Waals surface area contributed by atoms with E-state index in [-0.39, 0.29) is 24.0 Å². The number of hydrogen-bond donors (Lipinski definition) is 2. The number of ether oxygens (including phenoxy) is 1. The first-order valence-electron chi connectivity index (χ1n) is 10.4. The zero-order valence-electron chi connectivity index (χ0n) is 17.8. The summed E-state index contributed by atoms with van der Waals surface area (Å²) in [4.78, 5) is 38.6. The van der Waals surface area contributed by atoms with Gasteiger partial charge in [-0.3, -0.25) is 19.7 Å². The van der Waals surface area contributed by atoms with Gasteiger partial charge in [-0.2, -0.15) is 0 Å². The Labute approximate surface area is 202 Å². The van der Waals surface area contributed by atoms with Crippen molar-refractivity contribution >= 4 is 52.8 Å². The van der Waals surface area contributed by atoms with Crippen molar-refractivity contribution in [3.05, 3.63) is 76.8 Å². The van der Waals surface area contributed by atoms with E-state index in [9.17, 15) is 14.4 Å². The van der Waals surface area contributed by atoms with Gasteiger partial charge in [-0.1, -0.05) is 54.1 Å². The lowest BCUT2D eigenvalue weighted by atomic mass is 10.1. The Kier molecular flexibility index (Phi) is 8.97. The minimum Gasteiger partial charge on any atom is -0.465 e. The molecule has 1 atom stereocenters. The summed E-state index contributed by atoms with van der Waals surface area (Å²) in [5.74, 6) is -1.28. The van der Waals surface area contributed by atoms with Crippen molar-refractivity contribution in [1.29, 1.82) is 0 Å². The molecule has 33 heavy (non-hydrogen) atoms. The molecule has 1 saturated heterocycles. The first-order chi connectivity index (χ1) is 15.9. The lowest BCUT2D eigenvalue weighted by Crippen LogP contribution is -2.60. The Bertz CT molecular complexity index is 1030. The Morgan fingerprint density at radius 2 is 1.91 bits per heavy atom. The third-order valence-electron chi connectivity index (χ3n) is 4.98. The minimum absolute atomic E-state index is 0.0812.